The molecule has 0 spiro atoms. The Morgan fingerprint density at radius 3 is 2.70 bits per heavy atom. The number of nitrogens with one attached hydrogen (secondary N) is 3. The Morgan fingerprint density at radius 2 is 2.00 bits per heavy atom. The van der Waals surface area contributed by atoms with Crippen molar-refractivity contribution in [1.82, 2.24) is 15.6 Å². The summed E-state index contributed by atoms with van der Waals surface area (Å²) in [5, 5.41) is 18.1. The number of carbonyl (C=O) groups excluding carboxylic acids is 2. The molecule has 0 atom stereocenters. The molecule has 3 amide bonds. The fourth-order valence-electron chi connectivity index (χ4n) is 3.21. The summed E-state index contributed by atoms with van der Waals surface area (Å²) in [7, 11) is 1.47. The Balaban J connectivity index is 1.59. The molecule has 0 saturated heterocycles. The molecule has 1 fully saturated rings. The number of pyridine rings is 1. The van der Waals surface area contributed by atoms with E-state index < -0.39 is 0 Å². The number of amides is 3. The molecule has 1 heterocycles. The van der Waals surface area contributed by atoms with Gasteiger partial charge in [-0.2, -0.15) is 0 Å². The van der Waals surface area contributed by atoms with Gasteiger partial charge in [0.2, 0.25) is 0 Å². The van der Waals surface area contributed by atoms with Gasteiger partial charge in [-0.15, -0.1) is 0 Å². The molecule has 9 nitrogen and oxygen atoms in total. The van der Waals surface area contributed by atoms with Crippen molar-refractivity contribution in [1.29, 1.82) is 0 Å². The molecular weight excluding hydrogens is 448 g/mol. The predicted molar refractivity (Wildman–Crippen MR) is 124 cm³/mol. The van der Waals surface area contributed by atoms with E-state index >= 15 is 0 Å². The number of anilines is 1. The van der Waals surface area contributed by atoms with Gasteiger partial charge in [0, 0.05) is 36.3 Å². The van der Waals surface area contributed by atoms with Gasteiger partial charge in [0.05, 0.1) is 35.5 Å². The van der Waals surface area contributed by atoms with Gasteiger partial charge in [-0.3, -0.25) is 9.78 Å². The number of hydrogen-bond donors (Lipinski definition) is 4. The van der Waals surface area contributed by atoms with Crippen molar-refractivity contribution in [2.24, 2.45) is 0 Å². The van der Waals surface area contributed by atoms with E-state index in [1.54, 1.807) is 42.6 Å². The lowest BCUT2D eigenvalue weighted by molar-refractivity contribution is 0.0942. The first-order valence-corrected chi connectivity index (χ1v) is 10.8. The molecule has 172 valence electrons. The van der Waals surface area contributed by atoms with Crippen LogP contribution in [0, 0.1) is 0 Å². The minimum atomic E-state index is -0.388. The second kappa shape index (κ2) is 9.93. The smallest absolute Gasteiger partial charge is 0.319 e. The van der Waals surface area contributed by atoms with Gasteiger partial charge in [-0.1, -0.05) is 11.6 Å². The van der Waals surface area contributed by atoms with Gasteiger partial charge in [-0.05, 0) is 37.1 Å². The zero-order chi connectivity index (χ0) is 23.4. The number of methoxy groups -OCH3 is 1. The lowest BCUT2D eigenvalue weighted by Gasteiger charge is -2.14. The fraction of sp³-hybridized carbons (Fsp3) is 0.261. The first-order chi connectivity index (χ1) is 16.0. The minimum absolute atomic E-state index is 0.119. The average Bonchev–Trinajstić information content (AvgIpc) is 3.62. The van der Waals surface area contributed by atoms with Crippen molar-refractivity contribution in [3.63, 3.8) is 0 Å². The van der Waals surface area contributed by atoms with Gasteiger partial charge in [0.25, 0.3) is 5.91 Å². The summed E-state index contributed by atoms with van der Waals surface area (Å²) in [5.41, 5.74) is 1.33. The topological polar surface area (TPSA) is 122 Å². The number of fused-ring (bicyclic) bond motifs is 1. The van der Waals surface area contributed by atoms with Gasteiger partial charge in [-0.25, -0.2) is 4.79 Å². The highest BCUT2D eigenvalue weighted by atomic mass is 35.5. The summed E-state index contributed by atoms with van der Waals surface area (Å²) in [6, 6.07) is 9.83. The van der Waals surface area contributed by atoms with Crippen LogP contribution in [0.15, 0.2) is 42.6 Å². The molecule has 4 N–H and O–H groups in total. The Kier molecular flexibility index (Phi) is 6.81. The molecule has 0 radical (unpaired) electrons. The molecule has 4 rings (SSSR count). The number of urea groups is 1. The minimum Gasteiger partial charge on any atom is -0.496 e. The summed E-state index contributed by atoms with van der Waals surface area (Å²) >= 11 is 6.34. The number of aliphatic hydroxyl groups is 1. The van der Waals surface area contributed by atoms with Crippen LogP contribution in [0.25, 0.3) is 10.9 Å². The Morgan fingerprint density at radius 1 is 1.18 bits per heavy atom. The maximum absolute atomic E-state index is 12.5. The highest BCUT2D eigenvalue weighted by molar-refractivity contribution is 6.33. The van der Waals surface area contributed by atoms with Crippen molar-refractivity contribution >= 4 is 40.1 Å². The Hall–Kier alpha value is -3.56. The molecule has 10 heteroatoms. The van der Waals surface area contributed by atoms with Crippen molar-refractivity contribution in [3.8, 4) is 17.2 Å². The van der Waals surface area contributed by atoms with Crippen molar-refractivity contribution < 1.29 is 24.2 Å². The maximum atomic E-state index is 12.5. The molecule has 33 heavy (non-hydrogen) atoms. The van der Waals surface area contributed by atoms with Gasteiger partial charge < -0.3 is 30.5 Å². The third-order valence-corrected chi connectivity index (χ3v) is 5.31. The Labute approximate surface area is 195 Å². The summed E-state index contributed by atoms with van der Waals surface area (Å²) in [5.74, 6) is 0.871. The zero-order valence-corrected chi connectivity index (χ0v) is 18.6. The van der Waals surface area contributed by atoms with Gasteiger partial charge >= 0.3 is 6.03 Å². The van der Waals surface area contributed by atoms with Crippen molar-refractivity contribution in [2.75, 3.05) is 25.6 Å². The third kappa shape index (κ3) is 5.44. The van der Waals surface area contributed by atoms with E-state index in [-0.39, 0.29) is 36.7 Å². The molecule has 3 aromatic rings. The van der Waals surface area contributed by atoms with E-state index in [0.29, 0.717) is 38.9 Å². The standard InChI is InChI=1S/C23H23ClN4O5/c1-32-21-12-19-15(11-16(21)22(30)26-8-9-29)20(6-7-25-19)33-14-4-5-18(17(24)10-14)28-23(31)27-13-2-3-13/h4-7,10-13,29H,2-3,8-9H2,1H3,(H,26,30)(H2,27,28,31). The van der Waals surface area contributed by atoms with Crippen LogP contribution in [0.4, 0.5) is 10.5 Å². The number of aliphatic hydroxyl groups excluding tert-OH is 1. The van der Waals surface area contributed by atoms with Crippen LogP contribution in [-0.2, 0) is 0 Å². The normalized spacial score (nSPS) is 12.8. The summed E-state index contributed by atoms with van der Waals surface area (Å²) in [6.07, 6.45) is 3.57. The fourth-order valence-corrected chi connectivity index (χ4v) is 3.43. The molecule has 1 aromatic heterocycles. The molecule has 0 bridgehead atoms. The van der Waals surface area contributed by atoms with Crippen LogP contribution >= 0.6 is 11.6 Å². The molecule has 1 aliphatic carbocycles. The van der Waals surface area contributed by atoms with E-state index in [0.717, 1.165) is 12.8 Å². The second-order valence-electron chi connectivity index (χ2n) is 7.47. The number of halogens is 1. The molecule has 2 aromatic carbocycles. The number of rotatable bonds is 8. The quantitative estimate of drug-likeness (QED) is 0.398. The molecule has 0 aliphatic heterocycles. The van der Waals surface area contributed by atoms with Crippen LogP contribution in [0.2, 0.25) is 5.02 Å². The highest BCUT2D eigenvalue weighted by Crippen LogP contribution is 2.35. The number of hydrogen-bond acceptors (Lipinski definition) is 6. The predicted octanol–water partition coefficient (Wildman–Crippen LogP) is 3.70. The highest BCUT2D eigenvalue weighted by Gasteiger charge is 2.23. The maximum Gasteiger partial charge on any atom is 0.319 e. The zero-order valence-electron chi connectivity index (χ0n) is 17.9. The van der Waals surface area contributed by atoms with Crippen LogP contribution in [0.3, 0.4) is 0 Å². The van der Waals surface area contributed by atoms with Crippen molar-refractivity contribution in [3.05, 3.63) is 53.2 Å². The molecule has 1 aliphatic rings. The summed E-state index contributed by atoms with van der Waals surface area (Å²) < 4.78 is 11.4. The van der Waals surface area contributed by atoms with Crippen LogP contribution in [0.5, 0.6) is 17.2 Å². The van der Waals surface area contributed by atoms with E-state index in [4.69, 9.17) is 26.2 Å². The molecule has 0 unspecified atom stereocenters. The third-order valence-electron chi connectivity index (χ3n) is 4.99. The number of aromatic nitrogens is 1. The second-order valence-corrected chi connectivity index (χ2v) is 7.88. The first-order valence-electron chi connectivity index (χ1n) is 10.4. The largest absolute Gasteiger partial charge is 0.496 e. The van der Waals surface area contributed by atoms with Gasteiger partial charge in [0.15, 0.2) is 0 Å². The number of nitrogens with zero attached hydrogens (tertiary/aromatic N) is 1. The van der Waals surface area contributed by atoms with Crippen LogP contribution in [-0.4, -0.2) is 48.3 Å². The number of ether oxygens (including phenoxy) is 2. The lowest BCUT2D eigenvalue weighted by atomic mass is 10.1. The molecule has 1 saturated carbocycles. The van der Waals surface area contributed by atoms with E-state index in [2.05, 4.69) is 20.9 Å². The van der Waals surface area contributed by atoms with E-state index in [1.807, 2.05) is 0 Å². The van der Waals surface area contributed by atoms with E-state index in [9.17, 15) is 9.59 Å². The van der Waals surface area contributed by atoms with Crippen LogP contribution < -0.4 is 25.4 Å². The monoisotopic (exact) mass is 470 g/mol. The first kappa shape index (κ1) is 22.6. The SMILES string of the molecule is COc1cc2nccc(Oc3ccc(NC(=O)NC4CC4)c(Cl)c3)c2cc1C(=O)NCCO. The van der Waals surface area contributed by atoms with Crippen molar-refractivity contribution in [2.45, 2.75) is 18.9 Å². The Bertz CT molecular complexity index is 1200. The van der Waals surface area contributed by atoms with Gasteiger partial charge in [0.1, 0.15) is 17.2 Å². The van der Waals surface area contributed by atoms with E-state index in [1.165, 1.54) is 7.11 Å². The number of carbonyl (C=O) groups is 2. The summed E-state index contributed by atoms with van der Waals surface area (Å²) in [4.78, 5) is 28.8. The number of benzene rings is 2. The lowest BCUT2D eigenvalue weighted by Crippen LogP contribution is -2.30. The van der Waals surface area contributed by atoms with Crippen LogP contribution in [0.1, 0.15) is 23.2 Å². The molecular formula is C23H23ClN4O5. The summed E-state index contributed by atoms with van der Waals surface area (Å²) in [6.45, 7) is -0.0562. The average molecular weight is 471 g/mol.